The second-order valence-electron chi connectivity index (χ2n) is 4.04. The molecule has 5 heteroatoms. The van der Waals surface area contributed by atoms with Crippen LogP contribution in [0.4, 0.5) is 10.1 Å². The van der Waals surface area contributed by atoms with Crippen LogP contribution in [0.25, 0.3) is 0 Å². The molecule has 0 aromatic heterocycles. The fourth-order valence-corrected chi connectivity index (χ4v) is 1.97. The molecule has 0 atom stereocenters. The lowest BCUT2D eigenvalue weighted by molar-refractivity contribution is 0.613. The molecule has 0 bridgehead atoms. The third-order valence-electron chi connectivity index (χ3n) is 2.79. The maximum absolute atomic E-state index is 13.6. The SMILES string of the molecule is N#Cc1ccc(NCc2c(F)cccc2Cl)cc1C#N. The highest BCUT2D eigenvalue weighted by Gasteiger charge is 2.07. The van der Waals surface area contributed by atoms with Crippen molar-refractivity contribution in [3.8, 4) is 12.1 Å². The molecule has 0 radical (unpaired) electrons. The standard InChI is InChI=1S/C15H9ClFN3/c16-14-2-1-3-15(17)13(14)9-20-12-5-4-10(7-18)11(6-12)8-19/h1-6,20H,9H2. The molecule has 0 spiro atoms. The van der Waals surface area contributed by atoms with E-state index >= 15 is 0 Å². The first-order valence-corrected chi connectivity index (χ1v) is 6.14. The van der Waals surface area contributed by atoms with Crippen LogP contribution in [0.3, 0.4) is 0 Å². The molecule has 0 unspecified atom stereocenters. The number of nitrogens with zero attached hydrogens (tertiary/aromatic N) is 2. The highest BCUT2D eigenvalue weighted by molar-refractivity contribution is 6.31. The molecule has 2 aromatic carbocycles. The van der Waals surface area contributed by atoms with E-state index < -0.39 is 0 Å². The number of halogens is 2. The van der Waals surface area contributed by atoms with Crippen LogP contribution in [0.2, 0.25) is 5.02 Å². The fourth-order valence-electron chi connectivity index (χ4n) is 1.74. The van der Waals surface area contributed by atoms with E-state index in [0.717, 1.165) is 0 Å². The molecule has 1 N–H and O–H groups in total. The Morgan fingerprint density at radius 2 is 1.85 bits per heavy atom. The first kappa shape index (κ1) is 13.9. The second-order valence-corrected chi connectivity index (χ2v) is 4.44. The van der Waals surface area contributed by atoms with E-state index in [-0.39, 0.29) is 17.9 Å². The van der Waals surface area contributed by atoms with E-state index in [1.165, 1.54) is 12.1 Å². The van der Waals surface area contributed by atoms with Gasteiger partial charge in [0.15, 0.2) is 0 Å². The number of hydrogen-bond acceptors (Lipinski definition) is 3. The average molecular weight is 286 g/mol. The Kier molecular flexibility index (Phi) is 4.20. The molecule has 20 heavy (non-hydrogen) atoms. The Balaban J connectivity index is 2.20. The van der Waals surface area contributed by atoms with Crippen LogP contribution < -0.4 is 5.32 Å². The number of hydrogen-bond donors (Lipinski definition) is 1. The first-order valence-electron chi connectivity index (χ1n) is 5.76. The van der Waals surface area contributed by atoms with Crippen LogP contribution in [-0.2, 0) is 6.54 Å². The number of nitrogens with one attached hydrogen (secondary N) is 1. The summed E-state index contributed by atoms with van der Waals surface area (Å²) in [4.78, 5) is 0. The van der Waals surface area contributed by atoms with Gasteiger partial charge in [-0.05, 0) is 30.3 Å². The van der Waals surface area contributed by atoms with Crippen molar-refractivity contribution in [1.82, 2.24) is 0 Å². The van der Waals surface area contributed by atoms with Crippen LogP contribution in [0, 0.1) is 28.5 Å². The molecule has 2 aromatic rings. The van der Waals surface area contributed by atoms with Gasteiger partial charge in [-0.3, -0.25) is 0 Å². The lowest BCUT2D eigenvalue weighted by atomic mass is 10.1. The maximum atomic E-state index is 13.6. The van der Waals surface area contributed by atoms with Gasteiger partial charge in [-0.1, -0.05) is 17.7 Å². The zero-order chi connectivity index (χ0) is 14.5. The van der Waals surface area contributed by atoms with Crippen LogP contribution in [0.15, 0.2) is 36.4 Å². The van der Waals surface area contributed by atoms with Gasteiger partial charge in [0.1, 0.15) is 18.0 Å². The molecule has 0 amide bonds. The summed E-state index contributed by atoms with van der Waals surface area (Å²) in [6.07, 6.45) is 0. The van der Waals surface area contributed by atoms with Crippen LogP contribution in [0.1, 0.15) is 16.7 Å². The summed E-state index contributed by atoms with van der Waals surface area (Å²) in [7, 11) is 0. The maximum Gasteiger partial charge on any atom is 0.129 e. The van der Waals surface area contributed by atoms with E-state index in [4.69, 9.17) is 22.1 Å². The van der Waals surface area contributed by atoms with Crippen molar-refractivity contribution in [3.63, 3.8) is 0 Å². The smallest absolute Gasteiger partial charge is 0.129 e. The molecule has 2 rings (SSSR count). The van der Waals surface area contributed by atoms with E-state index in [0.29, 0.717) is 21.8 Å². The lowest BCUT2D eigenvalue weighted by Crippen LogP contribution is -2.03. The third-order valence-corrected chi connectivity index (χ3v) is 3.15. The monoisotopic (exact) mass is 285 g/mol. The molecule has 0 aliphatic heterocycles. The molecule has 0 saturated carbocycles. The van der Waals surface area contributed by atoms with E-state index in [2.05, 4.69) is 5.32 Å². The molecule has 98 valence electrons. The number of benzene rings is 2. The Labute approximate surface area is 120 Å². The van der Waals surface area contributed by atoms with Crippen molar-refractivity contribution >= 4 is 17.3 Å². The summed E-state index contributed by atoms with van der Waals surface area (Å²) in [6, 6.07) is 13.1. The van der Waals surface area contributed by atoms with Crippen molar-refractivity contribution in [2.45, 2.75) is 6.54 Å². The van der Waals surface area contributed by atoms with Crippen LogP contribution in [0.5, 0.6) is 0 Å². The van der Waals surface area contributed by atoms with E-state index in [1.54, 1.807) is 24.3 Å². The molecule has 0 saturated heterocycles. The fraction of sp³-hybridized carbons (Fsp3) is 0.0667. The van der Waals surface area contributed by atoms with Gasteiger partial charge in [0.05, 0.1) is 11.1 Å². The minimum atomic E-state index is -0.390. The van der Waals surface area contributed by atoms with Crippen LogP contribution >= 0.6 is 11.6 Å². The van der Waals surface area contributed by atoms with Crippen molar-refractivity contribution in [2.24, 2.45) is 0 Å². The molecular formula is C15H9ClFN3. The quantitative estimate of drug-likeness (QED) is 0.932. The first-order chi connectivity index (χ1) is 9.65. The number of anilines is 1. The zero-order valence-corrected chi connectivity index (χ0v) is 11.1. The summed E-state index contributed by atoms with van der Waals surface area (Å²) in [5.41, 5.74) is 1.57. The van der Waals surface area contributed by atoms with Gasteiger partial charge in [0.25, 0.3) is 0 Å². The average Bonchev–Trinajstić information content (AvgIpc) is 2.46. The summed E-state index contributed by atoms with van der Waals surface area (Å²) in [5, 5.41) is 21.1. The predicted octanol–water partition coefficient (Wildman–Crippen LogP) is 3.83. The molecule has 0 aliphatic carbocycles. The second kappa shape index (κ2) is 6.06. The minimum absolute atomic E-state index is 0.197. The van der Waals surface area contributed by atoms with Crippen molar-refractivity contribution in [1.29, 1.82) is 10.5 Å². The molecular weight excluding hydrogens is 277 g/mol. The highest BCUT2D eigenvalue weighted by Crippen LogP contribution is 2.21. The van der Waals surface area contributed by atoms with Gasteiger partial charge in [-0.25, -0.2) is 4.39 Å². The van der Waals surface area contributed by atoms with Crippen molar-refractivity contribution in [3.05, 3.63) is 63.9 Å². The van der Waals surface area contributed by atoms with Gasteiger partial charge in [-0.15, -0.1) is 0 Å². The van der Waals surface area contributed by atoms with Crippen LogP contribution in [-0.4, -0.2) is 0 Å². The summed E-state index contributed by atoms with van der Waals surface area (Å²) in [5.74, 6) is -0.390. The van der Waals surface area contributed by atoms with Gasteiger partial charge >= 0.3 is 0 Å². The number of rotatable bonds is 3. The van der Waals surface area contributed by atoms with E-state index in [9.17, 15) is 4.39 Å². The summed E-state index contributed by atoms with van der Waals surface area (Å²) < 4.78 is 13.6. The minimum Gasteiger partial charge on any atom is -0.381 e. The molecule has 3 nitrogen and oxygen atoms in total. The van der Waals surface area contributed by atoms with Crippen molar-refractivity contribution in [2.75, 3.05) is 5.32 Å². The molecule has 0 fully saturated rings. The topological polar surface area (TPSA) is 59.6 Å². The van der Waals surface area contributed by atoms with Gasteiger partial charge in [0.2, 0.25) is 0 Å². The lowest BCUT2D eigenvalue weighted by Gasteiger charge is -2.09. The number of nitriles is 2. The summed E-state index contributed by atoms with van der Waals surface area (Å²) in [6.45, 7) is 0.197. The molecule has 0 heterocycles. The molecule has 0 aliphatic rings. The van der Waals surface area contributed by atoms with E-state index in [1.807, 2.05) is 12.1 Å². The largest absolute Gasteiger partial charge is 0.381 e. The summed E-state index contributed by atoms with van der Waals surface area (Å²) >= 11 is 5.93. The van der Waals surface area contributed by atoms with Gasteiger partial charge < -0.3 is 5.32 Å². The Bertz CT molecular complexity index is 709. The highest BCUT2D eigenvalue weighted by atomic mass is 35.5. The van der Waals surface area contributed by atoms with Gasteiger partial charge in [-0.2, -0.15) is 10.5 Å². The third kappa shape index (κ3) is 2.88. The predicted molar refractivity (Wildman–Crippen MR) is 74.6 cm³/mol. The van der Waals surface area contributed by atoms with Crippen molar-refractivity contribution < 1.29 is 4.39 Å². The Morgan fingerprint density at radius 3 is 2.50 bits per heavy atom. The Hall–Kier alpha value is -2.56. The van der Waals surface area contributed by atoms with Gasteiger partial charge in [0, 0.05) is 22.8 Å². The normalized spacial score (nSPS) is 9.60. The zero-order valence-electron chi connectivity index (χ0n) is 10.3. The Morgan fingerprint density at radius 1 is 1.10 bits per heavy atom.